The van der Waals surface area contributed by atoms with Gasteiger partial charge in [-0.3, -0.25) is 0 Å². The van der Waals surface area contributed by atoms with E-state index in [0.29, 0.717) is 0 Å². The summed E-state index contributed by atoms with van der Waals surface area (Å²) in [4.78, 5) is 0.0394. The van der Waals surface area contributed by atoms with E-state index in [1.807, 2.05) is 0 Å². The van der Waals surface area contributed by atoms with Gasteiger partial charge >= 0.3 is 6.43 Å². The molecule has 0 atom stereocenters. The maximum absolute atomic E-state index is 12.0. The Labute approximate surface area is 75.1 Å². The lowest BCUT2D eigenvalue weighted by atomic mass is 10.2. The minimum Gasteiger partial charge on any atom is -0.224 e. The average molecular weight is 205 g/mol. The number of sulfone groups is 1. The Morgan fingerprint density at radius 2 is 1.62 bits per heavy atom. The van der Waals surface area contributed by atoms with Crippen LogP contribution in [0.5, 0.6) is 0 Å². The van der Waals surface area contributed by atoms with E-state index in [0.717, 1.165) is 30.5 Å². The van der Waals surface area contributed by atoms with E-state index in [-0.39, 0.29) is 10.5 Å². The Bertz CT molecular complexity index is 381. The van der Waals surface area contributed by atoms with Crippen molar-refractivity contribution in [1.82, 2.24) is 0 Å². The van der Waals surface area contributed by atoms with Gasteiger partial charge in [0.15, 0.2) is 9.84 Å². The van der Waals surface area contributed by atoms with Crippen LogP contribution in [0.3, 0.4) is 0 Å². The normalized spacial score (nSPS) is 12.0. The van der Waals surface area contributed by atoms with Gasteiger partial charge in [0, 0.05) is 11.8 Å². The van der Waals surface area contributed by atoms with Crippen molar-refractivity contribution >= 4 is 9.84 Å². The Kier molecular flexibility index (Phi) is 2.66. The molecule has 0 aromatic heterocycles. The fourth-order valence-corrected chi connectivity index (χ4v) is 1.46. The quantitative estimate of drug-likeness (QED) is 0.738. The number of benzene rings is 1. The van der Waals surface area contributed by atoms with Gasteiger partial charge in [0.25, 0.3) is 0 Å². The molecule has 1 radical (unpaired) electrons. The Morgan fingerprint density at radius 3 is 1.92 bits per heavy atom. The molecular weight excluding hydrogens is 198 g/mol. The summed E-state index contributed by atoms with van der Waals surface area (Å²) in [6.45, 7) is 0. The maximum atomic E-state index is 12.0. The van der Waals surface area contributed by atoms with Crippen LogP contribution in [0.25, 0.3) is 0 Å². The summed E-state index contributed by atoms with van der Waals surface area (Å²) in [6.07, 6.45) is -0.794. The Morgan fingerprint density at radius 1 is 1.15 bits per heavy atom. The minimum absolute atomic E-state index is 0.0394. The molecule has 0 saturated carbocycles. The van der Waals surface area contributed by atoms with Gasteiger partial charge in [0.2, 0.25) is 0 Å². The highest BCUT2D eigenvalue weighted by atomic mass is 32.2. The molecule has 0 aliphatic heterocycles. The molecule has 13 heavy (non-hydrogen) atoms. The highest BCUT2D eigenvalue weighted by Gasteiger charge is 2.11. The van der Waals surface area contributed by atoms with Gasteiger partial charge in [0.05, 0.1) is 4.90 Å². The van der Waals surface area contributed by atoms with Crippen molar-refractivity contribution < 1.29 is 17.2 Å². The predicted octanol–water partition coefficient (Wildman–Crippen LogP) is 1.87. The van der Waals surface area contributed by atoms with Crippen LogP contribution in [0.4, 0.5) is 8.78 Å². The zero-order chi connectivity index (χ0) is 10.1. The lowest BCUT2D eigenvalue weighted by Crippen LogP contribution is -1.97. The molecule has 1 aromatic carbocycles. The number of hydrogen-bond acceptors (Lipinski definition) is 2. The summed E-state index contributed by atoms with van der Waals surface area (Å²) >= 11 is 0. The lowest BCUT2D eigenvalue weighted by Gasteiger charge is -1.99. The summed E-state index contributed by atoms with van der Waals surface area (Å²) in [7, 11) is -3.30. The largest absolute Gasteiger partial charge is 0.339 e. The van der Waals surface area contributed by atoms with Gasteiger partial charge in [0.1, 0.15) is 0 Å². The second-order valence-corrected chi connectivity index (χ2v) is 4.57. The molecule has 0 saturated heterocycles. The SMILES string of the molecule is CS(=O)(=O)c1ccc([C](F)F)cc1. The third-order valence-corrected chi connectivity index (χ3v) is 2.63. The lowest BCUT2D eigenvalue weighted by molar-refractivity contribution is 0.324. The van der Waals surface area contributed by atoms with Crippen LogP contribution in [0.1, 0.15) is 5.56 Å². The Hall–Kier alpha value is -0.970. The van der Waals surface area contributed by atoms with Gasteiger partial charge in [-0.25, -0.2) is 8.42 Å². The predicted molar refractivity (Wildman–Crippen MR) is 44.1 cm³/mol. The first kappa shape index (κ1) is 10.1. The molecule has 0 bridgehead atoms. The van der Waals surface area contributed by atoms with Crippen LogP contribution < -0.4 is 0 Å². The first-order chi connectivity index (χ1) is 5.91. The van der Waals surface area contributed by atoms with Crippen molar-refractivity contribution in [2.45, 2.75) is 4.90 Å². The van der Waals surface area contributed by atoms with E-state index in [4.69, 9.17) is 0 Å². The first-order valence-electron chi connectivity index (χ1n) is 3.40. The molecule has 1 rings (SSSR count). The molecule has 0 aliphatic carbocycles. The van der Waals surface area contributed by atoms with Crippen molar-refractivity contribution in [3.8, 4) is 0 Å². The monoisotopic (exact) mass is 205 g/mol. The summed E-state index contributed by atoms with van der Waals surface area (Å²) in [5, 5.41) is 0. The summed E-state index contributed by atoms with van der Waals surface area (Å²) in [5.41, 5.74) is -0.257. The maximum Gasteiger partial charge on any atom is 0.339 e. The van der Waals surface area contributed by atoms with E-state index in [2.05, 4.69) is 0 Å². The zero-order valence-electron chi connectivity index (χ0n) is 6.79. The standard InChI is InChI=1S/C8H7F2O2S/c1-13(11,12)7-4-2-6(3-5-7)8(9)10/h2-5H,1H3. The van der Waals surface area contributed by atoms with Crippen molar-refractivity contribution in [3.05, 3.63) is 36.3 Å². The second-order valence-electron chi connectivity index (χ2n) is 2.56. The third kappa shape index (κ3) is 2.48. The van der Waals surface area contributed by atoms with E-state index >= 15 is 0 Å². The molecule has 0 N–H and O–H groups in total. The molecule has 0 spiro atoms. The zero-order valence-corrected chi connectivity index (χ0v) is 7.61. The molecular formula is C8H7F2O2S. The van der Waals surface area contributed by atoms with Crippen LogP contribution >= 0.6 is 0 Å². The highest BCUT2D eigenvalue weighted by Crippen LogP contribution is 2.19. The summed E-state index contributed by atoms with van der Waals surface area (Å²) in [5.74, 6) is 0. The van der Waals surface area contributed by atoms with Crippen molar-refractivity contribution in [2.75, 3.05) is 6.26 Å². The van der Waals surface area contributed by atoms with Crippen molar-refractivity contribution in [1.29, 1.82) is 0 Å². The Balaban J connectivity index is 3.08. The molecule has 71 valence electrons. The van der Waals surface area contributed by atoms with Crippen LogP contribution in [0, 0.1) is 6.43 Å². The number of halogens is 2. The fourth-order valence-electron chi connectivity index (χ4n) is 0.828. The van der Waals surface area contributed by atoms with E-state index < -0.39 is 16.3 Å². The minimum atomic E-state index is -3.30. The van der Waals surface area contributed by atoms with E-state index in [1.165, 1.54) is 0 Å². The molecule has 0 aliphatic rings. The van der Waals surface area contributed by atoms with Gasteiger partial charge in [-0.05, 0) is 12.1 Å². The van der Waals surface area contributed by atoms with Gasteiger partial charge in [-0.15, -0.1) is 0 Å². The molecule has 2 nitrogen and oxygen atoms in total. The van der Waals surface area contributed by atoms with Gasteiger partial charge < -0.3 is 0 Å². The van der Waals surface area contributed by atoms with Crippen LogP contribution in [-0.4, -0.2) is 14.7 Å². The molecule has 5 heteroatoms. The van der Waals surface area contributed by atoms with Crippen LogP contribution in [0.2, 0.25) is 0 Å². The molecule has 1 aromatic rings. The van der Waals surface area contributed by atoms with E-state index in [9.17, 15) is 17.2 Å². The van der Waals surface area contributed by atoms with Crippen molar-refractivity contribution in [3.63, 3.8) is 0 Å². The smallest absolute Gasteiger partial charge is 0.224 e. The average Bonchev–Trinajstić information content (AvgIpc) is 2.03. The summed E-state index contributed by atoms with van der Waals surface area (Å²) in [6, 6.07) is 4.46. The van der Waals surface area contributed by atoms with E-state index in [1.54, 1.807) is 0 Å². The third-order valence-electron chi connectivity index (χ3n) is 1.50. The van der Waals surface area contributed by atoms with Crippen LogP contribution in [0.15, 0.2) is 29.2 Å². The second kappa shape index (κ2) is 3.41. The van der Waals surface area contributed by atoms with Crippen molar-refractivity contribution in [2.24, 2.45) is 0 Å². The fraction of sp³-hybridized carbons (Fsp3) is 0.125. The topological polar surface area (TPSA) is 34.1 Å². The molecule has 0 heterocycles. The van der Waals surface area contributed by atoms with Gasteiger partial charge in [-0.1, -0.05) is 12.1 Å². The summed E-state index contributed by atoms with van der Waals surface area (Å²) < 4.78 is 45.8. The van der Waals surface area contributed by atoms with Gasteiger partial charge in [-0.2, -0.15) is 8.78 Å². The first-order valence-corrected chi connectivity index (χ1v) is 5.29. The number of rotatable bonds is 2. The highest BCUT2D eigenvalue weighted by molar-refractivity contribution is 7.90. The number of hydrogen-bond donors (Lipinski definition) is 0. The van der Waals surface area contributed by atoms with Crippen LogP contribution in [-0.2, 0) is 9.84 Å². The molecule has 0 amide bonds. The molecule has 0 unspecified atom stereocenters. The molecule has 0 fully saturated rings.